The first-order valence-electron chi connectivity index (χ1n) is 12.4. The largest absolute Gasteiger partial charge is 0.478 e. The van der Waals surface area contributed by atoms with Crippen LogP contribution in [0.25, 0.3) is 21.9 Å². The van der Waals surface area contributed by atoms with Gasteiger partial charge < -0.3 is 15.5 Å². The molecule has 192 valence electrons. The fourth-order valence-electron chi connectivity index (χ4n) is 4.49. The quantitative estimate of drug-likeness (QED) is 0.210. The minimum absolute atomic E-state index is 0.170. The number of carboxylic acids is 1. The maximum atomic E-state index is 11.4. The van der Waals surface area contributed by atoms with E-state index < -0.39 is 12.1 Å². The molecule has 0 amide bonds. The summed E-state index contributed by atoms with van der Waals surface area (Å²) in [4.78, 5) is 12.4. The van der Waals surface area contributed by atoms with E-state index in [1.54, 1.807) is 30.1 Å². The van der Waals surface area contributed by atoms with Crippen LogP contribution in [0.1, 0.15) is 29.8 Å². The third-order valence-electron chi connectivity index (χ3n) is 6.31. The molecule has 0 heterocycles. The Labute approximate surface area is 223 Å². The fraction of sp³-hybridized carbons (Fsp3) is 0.258. The molecule has 0 aliphatic carbocycles. The summed E-state index contributed by atoms with van der Waals surface area (Å²) in [5, 5.41) is 26.1. The van der Waals surface area contributed by atoms with E-state index in [0.717, 1.165) is 22.4 Å². The molecule has 37 heavy (non-hydrogen) atoms. The number of benzene rings is 4. The summed E-state index contributed by atoms with van der Waals surface area (Å²) >= 11 is 1.54. The number of carbonyl (C=O) groups is 1. The normalized spacial score (nSPS) is 12.7. The maximum absolute atomic E-state index is 11.4. The van der Waals surface area contributed by atoms with E-state index in [1.165, 1.54) is 16.3 Å². The summed E-state index contributed by atoms with van der Waals surface area (Å²) < 4.78 is 2.02. The van der Waals surface area contributed by atoms with Gasteiger partial charge in [0, 0.05) is 23.5 Å². The van der Waals surface area contributed by atoms with Crippen LogP contribution in [0.15, 0.2) is 95.9 Å². The SMILES string of the molecule is CN(C[C@H](O)CNC(C)(C)Cc1ccc2ccccc2c1)Sc1ccccc1-c1cccc(C(=O)O)c1. The maximum Gasteiger partial charge on any atom is 0.335 e. The average molecular weight is 515 g/mol. The Morgan fingerprint density at radius 3 is 2.46 bits per heavy atom. The van der Waals surface area contributed by atoms with Crippen molar-refractivity contribution in [3.8, 4) is 11.1 Å². The summed E-state index contributed by atoms with van der Waals surface area (Å²) in [6, 6.07) is 29.8. The van der Waals surface area contributed by atoms with E-state index in [1.807, 2.05) is 41.7 Å². The van der Waals surface area contributed by atoms with E-state index in [0.29, 0.717) is 13.1 Å². The first kappa shape index (κ1) is 26.9. The molecule has 1 atom stereocenters. The lowest BCUT2D eigenvalue weighted by Crippen LogP contribution is -2.46. The predicted octanol–water partition coefficient (Wildman–Crippen LogP) is 6.12. The first-order chi connectivity index (χ1) is 17.7. The van der Waals surface area contributed by atoms with Crippen molar-refractivity contribution in [3.63, 3.8) is 0 Å². The third kappa shape index (κ3) is 7.43. The van der Waals surface area contributed by atoms with Gasteiger partial charge in [0.2, 0.25) is 0 Å². The van der Waals surface area contributed by atoms with Gasteiger partial charge in [-0.25, -0.2) is 9.10 Å². The summed E-state index contributed by atoms with van der Waals surface area (Å²) in [7, 11) is 1.96. The van der Waals surface area contributed by atoms with Crippen LogP contribution in [-0.2, 0) is 6.42 Å². The first-order valence-corrected chi connectivity index (χ1v) is 13.2. The molecule has 0 saturated carbocycles. The molecule has 0 radical (unpaired) electrons. The molecule has 0 aromatic heterocycles. The minimum Gasteiger partial charge on any atom is -0.478 e. The second-order valence-electron chi connectivity index (χ2n) is 10.1. The van der Waals surface area contributed by atoms with Gasteiger partial charge in [-0.15, -0.1) is 0 Å². The minimum atomic E-state index is -0.941. The molecule has 4 aromatic carbocycles. The van der Waals surface area contributed by atoms with Gasteiger partial charge in [-0.1, -0.05) is 72.8 Å². The molecular formula is C31H34N2O3S. The van der Waals surface area contributed by atoms with Crippen LogP contribution in [-0.4, -0.2) is 52.3 Å². The Balaban J connectivity index is 1.33. The van der Waals surface area contributed by atoms with Gasteiger partial charge in [0.25, 0.3) is 0 Å². The molecule has 0 unspecified atom stereocenters. The molecule has 0 aliphatic heterocycles. The van der Waals surface area contributed by atoms with Gasteiger partial charge in [0.05, 0.1) is 11.7 Å². The summed E-state index contributed by atoms with van der Waals surface area (Å²) in [6.45, 7) is 5.28. The van der Waals surface area contributed by atoms with Gasteiger partial charge in [-0.05, 0) is 84.9 Å². The topological polar surface area (TPSA) is 72.8 Å². The number of rotatable bonds is 11. The van der Waals surface area contributed by atoms with Crippen molar-refractivity contribution in [3.05, 3.63) is 102 Å². The van der Waals surface area contributed by atoms with Crippen LogP contribution in [0, 0.1) is 0 Å². The number of β-amino-alcohol motifs (C(OH)–C–C–N with tert-alkyl or cyclic N) is 1. The average Bonchev–Trinajstić information content (AvgIpc) is 2.87. The third-order valence-corrected chi connectivity index (χ3v) is 7.32. The van der Waals surface area contributed by atoms with Gasteiger partial charge in [0.15, 0.2) is 0 Å². The van der Waals surface area contributed by atoms with E-state index in [4.69, 9.17) is 0 Å². The monoisotopic (exact) mass is 514 g/mol. The van der Waals surface area contributed by atoms with Crippen molar-refractivity contribution in [2.24, 2.45) is 0 Å². The number of hydrogen-bond acceptors (Lipinski definition) is 5. The van der Waals surface area contributed by atoms with Crippen LogP contribution < -0.4 is 5.32 Å². The number of nitrogens with one attached hydrogen (secondary N) is 1. The number of carboxylic acid groups (broad SMARTS) is 1. The number of aliphatic hydroxyl groups excluding tert-OH is 1. The summed E-state index contributed by atoms with van der Waals surface area (Å²) in [6.07, 6.45) is 0.314. The van der Waals surface area contributed by atoms with Crippen LogP contribution >= 0.6 is 11.9 Å². The Kier molecular flexibility index (Phi) is 8.67. The number of aliphatic hydroxyl groups is 1. The Hall–Kier alpha value is -3.16. The van der Waals surface area contributed by atoms with Crippen molar-refractivity contribution in [1.29, 1.82) is 0 Å². The van der Waals surface area contributed by atoms with Gasteiger partial charge in [-0.3, -0.25) is 0 Å². The molecule has 4 aromatic rings. The van der Waals surface area contributed by atoms with Crippen LogP contribution in [0.5, 0.6) is 0 Å². The van der Waals surface area contributed by atoms with E-state index in [-0.39, 0.29) is 11.1 Å². The predicted molar refractivity (Wildman–Crippen MR) is 153 cm³/mol. The zero-order chi connectivity index (χ0) is 26.4. The highest BCUT2D eigenvalue weighted by Crippen LogP contribution is 2.33. The van der Waals surface area contributed by atoms with E-state index >= 15 is 0 Å². The molecule has 0 spiro atoms. The van der Waals surface area contributed by atoms with Crippen LogP contribution in [0.3, 0.4) is 0 Å². The number of nitrogens with zero attached hydrogens (tertiary/aromatic N) is 1. The molecule has 0 bridgehead atoms. The lowest BCUT2D eigenvalue weighted by molar-refractivity contribution is 0.0697. The lowest BCUT2D eigenvalue weighted by Gasteiger charge is -2.29. The standard InChI is InChI=1S/C31H34N2O3S/c1-31(2,19-22-15-16-23-9-4-5-10-24(23)17-22)32-20-27(34)21-33(3)37-29-14-7-6-13-28(29)25-11-8-12-26(18-25)30(35)36/h4-18,27,32,34H,19-21H2,1-3H3,(H,35,36)/t27-/m1/s1. The summed E-state index contributed by atoms with van der Waals surface area (Å²) in [5.74, 6) is -0.941. The van der Waals surface area contributed by atoms with Crippen molar-refractivity contribution >= 4 is 28.7 Å². The van der Waals surface area contributed by atoms with E-state index in [9.17, 15) is 15.0 Å². The second-order valence-corrected chi connectivity index (χ2v) is 11.3. The Bertz CT molecular complexity index is 1370. The van der Waals surface area contributed by atoms with Crippen molar-refractivity contribution in [1.82, 2.24) is 9.62 Å². The molecule has 6 heteroatoms. The molecule has 3 N–H and O–H groups in total. The highest BCUT2D eigenvalue weighted by molar-refractivity contribution is 7.97. The zero-order valence-corrected chi connectivity index (χ0v) is 22.3. The highest BCUT2D eigenvalue weighted by atomic mass is 32.2. The van der Waals surface area contributed by atoms with Gasteiger partial charge in [0.1, 0.15) is 0 Å². The molecule has 0 fully saturated rings. The number of fused-ring (bicyclic) bond motifs is 1. The molecule has 5 nitrogen and oxygen atoms in total. The van der Waals surface area contributed by atoms with E-state index in [2.05, 4.69) is 61.6 Å². The van der Waals surface area contributed by atoms with Crippen LogP contribution in [0.4, 0.5) is 0 Å². The Morgan fingerprint density at radius 2 is 1.68 bits per heavy atom. The van der Waals surface area contributed by atoms with Crippen molar-refractivity contribution in [2.75, 3.05) is 20.1 Å². The smallest absolute Gasteiger partial charge is 0.335 e. The van der Waals surface area contributed by atoms with Gasteiger partial charge >= 0.3 is 5.97 Å². The highest BCUT2D eigenvalue weighted by Gasteiger charge is 2.20. The zero-order valence-electron chi connectivity index (χ0n) is 21.5. The number of hydrogen-bond donors (Lipinski definition) is 3. The molecule has 4 rings (SSSR count). The summed E-state index contributed by atoms with van der Waals surface area (Å²) in [5.41, 5.74) is 3.18. The van der Waals surface area contributed by atoms with Crippen LogP contribution in [0.2, 0.25) is 0 Å². The molecule has 0 aliphatic rings. The Morgan fingerprint density at radius 1 is 0.946 bits per heavy atom. The lowest BCUT2D eigenvalue weighted by atomic mass is 9.93. The fourth-order valence-corrected chi connectivity index (χ4v) is 5.49. The molecule has 0 saturated heterocycles. The van der Waals surface area contributed by atoms with Crippen molar-refractivity contribution < 1.29 is 15.0 Å². The van der Waals surface area contributed by atoms with Gasteiger partial charge in [-0.2, -0.15) is 0 Å². The number of likely N-dealkylation sites (N-methyl/N-ethyl adjacent to an activating group) is 1. The van der Waals surface area contributed by atoms with Crippen molar-refractivity contribution in [2.45, 2.75) is 36.8 Å². The second kappa shape index (κ2) is 11.9. The number of aromatic carboxylic acids is 1. The molecular weight excluding hydrogens is 480 g/mol.